The Morgan fingerprint density at radius 3 is 2.80 bits per heavy atom. The zero-order valence-electron chi connectivity index (χ0n) is 15.0. The summed E-state index contributed by atoms with van der Waals surface area (Å²) in [4.78, 5) is 26.9. The van der Waals surface area contributed by atoms with Gasteiger partial charge in [0.25, 0.3) is 0 Å². The van der Waals surface area contributed by atoms with Gasteiger partial charge >= 0.3 is 5.76 Å². The third-order valence-corrected chi connectivity index (χ3v) is 5.11. The summed E-state index contributed by atoms with van der Waals surface area (Å²) in [7, 11) is 0. The first-order chi connectivity index (χ1) is 12.1. The Morgan fingerprint density at radius 1 is 1.32 bits per heavy atom. The van der Waals surface area contributed by atoms with Crippen LogP contribution in [-0.2, 0) is 4.79 Å². The Bertz CT molecular complexity index is 772. The monoisotopic (exact) mass is 345 g/mol. The van der Waals surface area contributed by atoms with E-state index in [2.05, 4.69) is 17.1 Å². The van der Waals surface area contributed by atoms with Crippen LogP contribution in [0.2, 0.25) is 0 Å². The molecule has 0 saturated carbocycles. The van der Waals surface area contributed by atoms with E-state index in [9.17, 15) is 9.59 Å². The van der Waals surface area contributed by atoms with Gasteiger partial charge in [-0.25, -0.2) is 4.79 Å². The average Bonchev–Trinajstić information content (AvgIpc) is 2.95. The van der Waals surface area contributed by atoms with Gasteiger partial charge in [-0.15, -0.1) is 0 Å². The number of carbonyl (C=O) groups is 1. The van der Waals surface area contributed by atoms with Crippen molar-refractivity contribution in [2.45, 2.75) is 39.2 Å². The highest BCUT2D eigenvalue weighted by molar-refractivity contribution is 5.82. The lowest BCUT2D eigenvalue weighted by atomic mass is 9.99. The lowest BCUT2D eigenvalue weighted by Crippen LogP contribution is -2.37. The zero-order valence-corrected chi connectivity index (χ0v) is 15.0. The number of hydrogen-bond acceptors (Lipinski definition) is 4. The SMILES string of the molecule is CC1CCN(CCCNC(=O)C(C)n2c(=O)oc3ccccc32)CC1. The second kappa shape index (κ2) is 7.87. The van der Waals surface area contributed by atoms with Crippen LogP contribution in [0.4, 0.5) is 0 Å². The van der Waals surface area contributed by atoms with E-state index in [1.54, 1.807) is 19.1 Å². The maximum Gasteiger partial charge on any atom is 0.420 e. The molecule has 1 aliphatic heterocycles. The van der Waals surface area contributed by atoms with Crippen LogP contribution in [0.1, 0.15) is 39.2 Å². The largest absolute Gasteiger partial charge is 0.420 e. The van der Waals surface area contributed by atoms with Crippen molar-refractivity contribution in [1.82, 2.24) is 14.8 Å². The Hall–Kier alpha value is -2.08. The highest BCUT2D eigenvalue weighted by Crippen LogP contribution is 2.17. The van der Waals surface area contributed by atoms with Gasteiger partial charge in [0.05, 0.1) is 5.52 Å². The van der Waals surface area contributed by atoms with Gasteiger partial charge in [-0.05, 0) is 63.9 Å². The Morgan fingerprint density at radius 2 is 2.04 bits per heavy atom. The van der Waals surface area contributed by atoms with Crippen molar-refractivity contribution < 1.29 is 9.21 Å². The Kier molecular flexibility index (Phi) is 5.58. The topological polar surface area (TPSA) is 67.5 Å². The molecule has 1 saturated heterocycles. The number of likely N-dealkylation sites (tertiary alicyclic amines) is 1. The fraction of sp³-hybridized carbons (Fsp3) is 0.579. The molecule has 0 spiro atoms. The highest BCUT2D eigenvalue weighted by Gasteiger charge is 2.21. The first-order valence-corrected chi connectivity index (χ1v) is 9.16. The molecule has 1 fully saturated rings. The van der Waals surface area contributed by atoms with Crippen LogP contribution >= 0.6 is 0 Å². The zero-order chi connectivity index (χ0) is 17.8. The lowest BCUT2D eigenvalue weighted by Gasteiger charge is -2.30. The molecular formula is C19H27N3O3. The van der Waals surface area contributed by atoms with Crippen LogP contribution < -0.4 is 11.1 Å². The molecule has 1 N–H and O–H groups in total. The number of nitrogens with zero attached hydrogens (tertiary/aromatic N) is 2. The predicted octanol–water partition coefficient (Wildman–Crippen LogP) is 2.39. The molecular weight excluding hydrogens is 318 g/mol. The number of nitrogens with one attached hydrogen (secondary N) is 1. The van der Waals surface area contributed by atoms with Crippen molar-refractivity contribution in [2.24, 2.45) is 5.92 Å². The average molecular weight is 345 g/mol. The fourth-order valence-corrected chi connectivity index (χ4v) is 3.42. The predicted molar refractivity (Wildman–Crippen MR) is 97.6 cm³/mol. The number of benzene rings is 1. The molecule has 1 aromatic carbocycles. The number of aromatic nitrogens is 1. The van der Waals surface area contributed by atoms with Crippen LogP contribution in [0.5, 0.6) is 0 Å². The third kappa shape index (κ3) is 4.12. The minimum absolute atomic E-state index is 0.152. The summed E-state index contributed by atoms with van der Waals surface area (Å²) >= 11 is 0. The molecule has 1 atom stereocenters. The smallest absolute Gasteiger partial charge is 0.408 e. The lowest BCUT2D eigenvalue weighted by molar-refractivity contribution is -0.123. The number of rotatable bonds is 6. The first-order valence-electron chi connectivity index (χ1n) is 9.16. The number of piperidine rings is 1. The molecule has 6 nitrogen and oxygen atoms in total. The number of fused-ring (bicyclic) bond motifs is 1. The van der Waals surface area contributed by atoms with Crippen LogP contribution in [-0.4, -0.2) is 41.6 Å². The molecule has 1 amide bonds. The second-order valence-electron chi connectivity index (χ2n) is 7.05. The quantitative estimate of drug-likeness (QED) is 0.817. The number of carbonyl (C=O) groups excluding carboxylic acids is 1. The highest BCUT2D eigenvalue weighted by atomic mass is 16.4. The standard InChI is InChI=1S/C19H27N3O3/c1-14-8-12-21(13-9-14)11-5-10-20-18(23)15(2)22-16-6-3-4-7-17(16)25-19(22)24/h3-4,6-7,14-15H,5,8-13H2,1-2H3,(H,20,23). The Balaban J connectivity index is 1.51. The van der Waals surface area contributed by atoms with Crippen molar-refractivity contribution in [3.63, 3.8) is 0 Å². The van der Waals surface area contributed by atoms with Crippen molar-refractivity contribution in [1.29, 1.82) is 0 Å². The molecule has 2 heterocycles. The van der Waals surface area contributed by atoms with Gasteiger partial charge < -0.3 is 14.6 Å². The molecule has 1 aliphatic rings. The molecule has 6 heteroatoms. The van der Waals surface area contributed by atoms with E-state index < -0.39 is 11.8 Å². The molecule has 1 unspecified atom stereocenters. The molecule has 136 valence electrons. The minimum Gasteiger partial charge on any atom is -0.408 e. The van der Waals surface area contributed by atoms with E-state index in [0.717, 1.165) is 32.0 Å². The normalized spacial score (nSPS) is 17.7. The number of amides is 1. The van der Waals surface area contributed by atoms with Gasteiger partial charge in [0.1, 0.15) is 6.04 Å². The minimum atomic E-state index is -0.591. The van der Waals surface area contributed by atoms with Gasteiger partial charge in [0, 0.05) is 6.54 Å². The summed E-state index contributed by atoms with van der Waals surface area (Å²) < 4.78 is 6.62. The summed E-state index contributed by atoms with van der Waals surface area (Å²) in [6.45, 7) is 7.98. The van der Waals surface area contributed by atoms with E-state index in [1.165, 1.54) is 17.4 Å². The first kappa shape index (κ1) is 17.7. The summed E-state index contributed by atoms with van der Waals surface area (Å²) in [6, 6.07) is 6.57. The van der Waals surface area contributed by atoms with Crippen LogP contribution in [0.25, 0.3) is 11.1 Å². The van der Waals surface area contributed by atoms with Crippen LogP contribution in [0.15, 0.2) is 33.5 Å². The van der Waals surface area contributed by atoms with Crippen molar-refractivity contribution >= 4 is 17.0 Å². The molecule has 0 aliphatic carbocycles. The maximum absolute atomic E-state index is 12.4. The molecule has 0 radical (unpaired) electrons. The Labute approximate surface area is 147 Å². The van der Waals surface area contributed by atoms with E-state index in [0.29, 0.717) is 17.6 Å². The van der Waals surface area contributed by atoms with Gasteiger partial charge in [-0.2, -0.15) is 0 Å². The maximum atomic E-state index is 12.4. The van der Waals surface area contributed by atoms with E-state index in [4.69, 9.17) is 4.42 Å². The molecule has 25 heavy (non-hydrogen) atoms. The summed E-state index contributed by atoms with van der Waals surface area (Å²) in [5, 5.41) is 2.94. The second-order valence-corrected chi connectivity index (χ2v) is 7.05. The summed E-state index contributed by atoms with van der Waals surface area (Å²) in [5.74, 6) is 0.187. The summed E-state index contributed by atoms with van der Waals surface area (Å²) in [5.41, 5.74) is 1.16. The summed E-state index contributed by atoms with van der Waals surface area (Å²) in [6.07, 6.45) is 3.45. The van der Waals surface area contributed by atoms with Gasteiger partial charge in [-0.3, -0.25) is 9.36 Å². The van der Waals surface area contributed by atoms with E-state index >= 15 is 0 Å². The number of oxazole rings is 1. The van der Waals surface area contributed by atoms with Crippen molar-refractivity contribution in [3.8, 4) is 0 Å². The van der Waals surface area contributed by atoms with Gasteiger partial charge in [0.15, 0.2) is 5.58 Å². The van der Waals surface area contributed by atoms with Crippen LogP contribution in [0, 0.1) is 5.92 Å². The number of para-hydroxylation sites is 2. The van der Waals surface area contributed by atoms with Crippen molar-refractivity contribution in [2.75, 3.05) is 26.2 Å². The van der Waals surface area contributed by atoms with Gasteiger partial charge in [-0.1, -0.05) is 19.1 Å². The van der Waals surface area contributed by atoms with Gasteiger partial charge in [0.2, 0.25) is 5.91 Å². The van der Waals surface area contributed by atoms with Crippen molar-refractivity contribution in [3.05, 3.63) is 34.8 Å². The molecule has 1 aromatic heterocycles. The number of hydrogen-bond donors (Lipinski definition) is 1. The molecule has 2 aromatic rings. The third-order valence-electron chi connectivity index (χ3n) is 5.11. The van der Waals surface area contributed by atoms with E-state index in [1.807, 2.05) is 12.1 Å². The molecule has 0 bridgehead atoms. The van der Waals surface area contributed by atoms with Crippen LogP contribution in [0.3, 0.4) is 0 Å². The van der Waals surface area contributed by atoms with E-state index in [-0.39, 0.29) is 5.91 Å². The fourth-order valence-electron chi connectivity index (χ4n) is 3.42. The molecule has 3 rings (SSSR count).